The summed E-state index contributed by atoms with van der Waals surface area (Å²) in [5.41, 5.74) is 2.45. The number of carboxylic acid groups (broad SMARTS) is 1. The van der Waals surface area contributed by atoms with Crippen LogP contribution in [0.1, 0.15) is 30.9 Å². The number of hydrogen-bond acceptors (Lipinski definition) is 3. The Morgan fingerprint density at radius 1 is 1.32 bits per heavy atom. The normalized spacial score (nSPS) is 11.5. The quantitative estimate of drug-likeness (QED) is 0.707. The van der Waals surface area contributed by atoms with Gasteiger partial charge in [-0.1, -0.05) is 31.0 Å². The molecule has 5 nitrogen and oxygen atoms in total. The third-order valence-electron chi connectivity index (χ3n) is 3.08. The molecule has 1 unspecified atom stereocenters. The van der Waals surface area contributed by atoms with Crippen LogP contribution in [0.15, 0.2) is 12.1 Å². The average Bonchev–Trinajstić information content (AvgIpc) is 2.38. The first kappa shape index (κ1) is 20.7. The summed E-state index contributed by atoms with van der Waals surface area (Å²) in [7, 11) is 0. The van der Waals surface area contributed by atoms with Gasteiger partial charge in [0.25, 0.3) is 0 Å². The van der Waals surface area contributed by atoms with Gasteiger partial charge < -0.3 is 10.4 Å². The number of carboxylic acids is 1. The smallest absolute Gasteiger partial charge is 0.320 e. The molecule has 0 saturated carbocycles. The molecule has 1 aromatic carbocycles. The Morgan fingerprint density at radius 2 is 1.95 bits per heavy atom. The molecule has 1 rings (SSSR count). The van der Waals surface area contributed by atoms with E-state index in [1.54, 1.807) is 6.07 Å². The van der Waals surface area contributed by atoms with Gasteiger partial charge in [-0.25, -0.2) is 0 Å². The standard InChI is InChI=1S/C15H21ClN2O3.ClH/c1-4-5-12(15(20)21)17-8-13(19)18-14-10(3)6-9(2)7-11(14)16;/h6-7,12,17H,4-5,8H2,1-3H3,(H,18,19)(H,20,21);1H. The first-order valence-electron chi connectivity index (χ1n) is 6.88. The number of carbonyl (C=O) groups is 2. The highest BCUT2D eigenvalue weighted by Gasteiger charge is 2.17. The summed E-state index contributed by atoms with van der Waals surface area (Å²) in [6.07, 6.45) is 1.21. The first-order valence-corrected chi connectivity index (χ1v) is 7.25. The molecule has 124 valence electrons. The maximum absolute atomic E-state index is 11.9. The number of carbonyl (C=O) groups excluding carboxylic acids is 1. The summed E-state index contributed by atoms with van der Waals surface area (Å²) >= 11 is 6.11. The SMILES string of the molecule is CCCC(NCC(=O)Nc1c(C)cc(C)cc1Cl)C(=O)O.Cl. The minimum Gasteiger partial charge on any atom is -0.480 e. The maximum atomic E-state index is 11.9. The zero-order valence-electron chi connectivity index (χ0n) is 12.9. The average molecular weight is 349 g/mol. The summed E-state index contributed by atoms with van der Waals surface area (Å²) in [5, 5.41) is 14.9. The van der Waals surface area contributed by atoms with Crippen molar-refractivity contribution in [3.05, 3.63) is 28.3 Å². The van der Waals surface area contributed by atoms with Crippen molar-refractivity contribution in [3.8, 4) is 0 Å². The molecule has 0 aliphatic carbocycles. The molecule has 0 aliphatic heterocycles. The summed E-state index contributed by atoms with van der Waals surface area (Å²) in [5.74, 6) is -1.26. The molecule has 0 saturated heterocycles. The van der Waals surface area contributed by atoms with Crippen molar-refractivity contribution in [2.75, 3.05) is 11.9 Å². The Hall–Kier alpha value is -1.30. The fraction of sp³-hybridized carbons (Fsp3) is 0.467. The van der Waals surface area contributed by atoms with Crippen LogP contribution >= 0.6 is 24.0 Å². The fourth-order valence-corrected chi connectivity index (χ4v) is 2.44. The highest BCUT2D eigenvalue weighted by molar-refractivity contribution is 6.34. The Morgan fingerprint density at radius 3 is 2.45 bits per heavy atom. The zero-order valence-corrected chi connectivity index (χ0v) is 14.5. The lowest BCUT2D eigenvalue weighted by Gasteiger charge is -2.15. The van der Waals surface area contributed by atoms with E-state index in [1.165, 1.54) is 0 Å². The molecule has 0 fully saturated rings. The summed E-state index contributed by atoms with van der Waals surface area (Å²) in [4.78, 5) is 22.9. The van der Waals surface area contributed by atoms with Crippen molar-refractivity contribution in [2.24, 2.45) is 0 Å². The molecule has 0 heterocycles. The van der Waals surface area contributed by atoms with Crippen molar-refractivity contribution in [1.82, 2.24) is 5.32 Å². The number of benzene rings is 1. The Kier molecular flexibility index (Phi) is 9.09. The van der Waals surface area contributed by atoms with Crippen LogP contribution < -0.4 is 10.6 Å². The van der Waals surface area contributed by atoms with E-state index < -0.39 is 12.0 Å². The van der Waals surface area contributed by atoms with E-state index in [0.717, 1.165) is 17.5 Å². The lowest BCUT2D eigenvalue weighted by molar-refractivity contribution is -0.139. The van der Waals surface area contributed by atoms with E-state index in [1.807, 2.05) is 26.8 Å². The molecule has 0 aliphatic rings. The molecule has 3 N–H and O–H groups in total. The van der Waals surface area contributed by atoms with Gasteiger partial charge in [-0.15, -0.1) is 12.4 Å². The lowest BCUT2D eigenvalue weighted by Crippen LogP contribution is -2.41. The highest BCUT2D eigenvalue weighted by atomic mass is 35.5. The number of aliphatic carboxylic acids is 1. The van der Waals surface area contributed by atoms with Gasteiger partial charge in [-0.3, -0.25) is 14.9 Å². The fourth-order valence-electron chi connectivity index (χ4n) is 2.08. The Labute approximate surface area is 141 Å². The Balaban J connectivity index is 0.00000441. The molecule has 0 radical (unpaired) electrons. The van der Waals surface area contributed by atoms with Crippen LogP contribution in [-0.2, 0) is 9.59 Å². The molecule has 0 spiro atoms. The number of rotatable bonds is 7. The third kappa shape index (κ3) is 6.22. The Bertz CT molecular complexity index is 513. The van der Waals surface area contributed by atoms with E-state index in [0.29, 0.717) is 17.1 Å². The summed E-state index contributed by atoms with van der Waals surface area (Å²) in [6.45, 7) is 5.61. The summed E-state index contributed by atoms with van der Waals surface area (Å²) in [6, 6.07) is 2.98. The molecule has 1 atom stereocenters. The second kappa shape index (κ2) is 9.66. The van der Waals surface area contributed by atoms with Gasteiger partial charge in [0.1, 0.15) is 6.04 Å². The molecular formula is C15H22Cl2N2O3. The van der Waals surface area contributed by atoms with Gasteiger partial charge in [-0.05, 0) is 37.5 Å². The molecule has 0 bridgehead atoms. The van der Waals surface area contributed by atoms with Gasteiger partial charge in [0.15, 0.2) is 0 Å². The van der Waals surface area contributed by atoms with Crippen LogP contribution in [0.5, 0.6) is 0 Å². The second-order valence-electron chi connectivity index (χ2n) is 5.05. The van der Waals surface area contributed by atoms with E-state index in [4.69, 9.17) is 16.7 Å². The van der Waals surface area contributed by atoms with Crippen LogP contribution in [0.3, 0.4) is 0 Å². The minimum atomic E-state index is -0.950. The largest absolute Gasteiger partial charge is 0.480 e. The topological polar surface area (TPSA) is 78.4 Å². The van der Waals surface area contributed by atoms with E-state index >= 15 is 0 Å². The molecule has 22 heavy (non-hydrogen) atoms. The minimum absolute atomic E-state index is 0. The number of hydrogen-bond donors (Lipinski definition) is 3. The molecule has 0 aromatic heterocycles. The third-order valence-corrected chi connectivity index (χ3v) is 3.38. The van der Waals surface area contributed by atoms with Crippen LogP contribution in [-0.4, -0.2) is 29.6 Å². The van der Waals surface area contributed by atoms with Gasteiger partial charge in [-0.2, -0.15) is 0 Å². The van der Waals surface area contributed by atoms with Crippen LogP contribution in [0, 0.1) is 13.8 Å². The molecular weight excluding hydrogens is 327 g/mol. The van der Waals surface area contributed by atoms with Crippen LogP contribution in [0.2, 0.25) is 5.02 Å². The number of amides is 1. The van der Waals surface area contributed by atoms with Crippen molar-refractivity contribution in [1.29, 1.82) is 0 Å². The lowest BCUT2D eigenvalue weighted by atomic mass is 10.1. The molecule has 1 amide bonds. The molecule has 1 aromatic rings. The van der Waals surface area contributed by atoms with Gasteiger partial charge in [0.2, 0.25) is 5.91 Å². The second-order valence-corrected chi connectivity index (χ2v) is 5.45. The number of aryl methyl sites for hydroxylation is 2. The van der Waals surface area contributed by atoms with Gasteiger partial charge >= 0.3 is 5.97 Å². The van der Waals surface area contributed by atoms with Crippen molar-refractivity contribution < 1.29 is 14.7 Å². The van der Waals surface area contributed by atoms with Crippen molar-refractivity contribution in [2.45, 2.75) is 39.7 Å². The van der Waals surface area contributed by atoms with E-state index in [-0.39, 0.29) is 24.9 Å². The predicted molar refractivity (Wildman–Crippen MR) is 91.1 cm³/mol. The van der Waals surface area contributed by atoms with Crippen LogP contribution in [0.25, 0.3) is 0 Å². The van der Waals surface area contributed by atoms with Gasteiger partial charge in [0.05, 0.1) is 17.3 Å². The van der Waals surface area contributed by atoms with E-state index in [2.05, 4.69) is 10.6 Å². The number of nitrogens with one attached hydrogen (secondary N) is 2. The molecule has 7 heteroatoms. The van der Waals surface area contributed by atoms with Gasteiger partial charge in [0, 0.05) is 0 Å². The maximum Gasteiger partial charge on any atom is 0.320 e. The number of anilines is 1. The van der Waals surface area contributed by atoms with Crippen molar-refractivity contribution >= 4 is 41.6 Å². The van der Waals surface area contributed by atoms with Crippen molar-refractivity contribution in [3.63, 3.8) is 0 Å². The predicted octanol–water partition coefficient (Wildman–Crippen LogP) is 3.16. The monoisotopic (exact) mass is 348 g/mol. The highest BCUT2D eigenvalue weighted by Crippen LogP contribution is 2.27. The summed E-state index contributed by atoms with van der Waals surface area (Å²) < 4.78 is 0. The first-order chi connectivity index (χ1) is 9.85. The van der Waals surface area contributed by atoms with Crippen LogP contribution in [0.4, 0.5) is 5.69 Å². The number of halogens is 2. The van der Waals surface area contributed by atoms with E-state index in [9.17, 15) is 9.59 Å². The zero-order chi connectivity index (χ0) is 16.0.